The highest BCUT2D eigenvalue weighted by molar-refractivity contribution is 5.82. The number of anilines is 1. The first-order valence-corrected chi connectivity index (χ1v) is 6.87. The van der Waals surface area contributed by atoms with Gasteiger partial charge in [-0.2, -0.15) is 13.2 Å². The van der Waals surface area contributed by atoms with Crippen molar-refractivity contribution in [1.29, 1.82) is 0 Å². The van der Waals surface area contributed by atoms with Crippen LogP contribution in [0.1, 0.15) is 26.3 Å². The SMILES string of the molecule is COc1cc(NC(C)(COC(C)C)C(=O)O)cc(C(F)(F)F)c1. The van der Waals surface area contributed by atoms with Crippen LogP contribution >= 0.6 is 0 Å². The summed E-state index contributed by atoms with van der Waals surface area (Å²) < 4.78 is 48.9. The molecule has 0 fully saturated rings. The number of hydrogen-bond acceptors (Lipinski definition) is 4. The predicted molar refractivity (Wildman–Crippen MR) is 78.7 cm³/mol. The van der Waals surface area contributed by atoms with Gasteiger partial charge < -0.3 is 19.9 Å². The topological polar surface area (TPSA) is 67.8 Å². The van der Waals surface area contributed by atoms with E-state index in [0.29, 0.717) is 0 Å². The second-order valence-electron chi connectivity index (χ2n) is 5.57. The number of methoxy groups -OCH3 is 1. The van der Waals surface area contributed by atoms with Crippen molar-refractivity contribution in [1.82, 2.24) is 0 Å². The first-order valence-electron chi connectivity index (χ1n) is 6.87. The summed E-state index contributed by atoms with van der Waals surface area (Å²) in [4.78, 5) is 11.5. The Labute approximate surface area is 132 Å². The van der Waals surface area contributed by atoms with E-state index in [9.17, 15) is 23.1 Å². The van der Waals surface area contributed by atoms with Crippen LogP contribution in [0.3, 0.4) is 0 Å². The Morgan fingerprint density at radius 1 is 1.30 bits per heavy atom. The fourth-order valence-corrected chi connectivity index (χ4v) is 1.76. The molecule has 0 aliphatic rings. The lowest BCUT2D eigenvalue weighted by Gasteiger charge is -2.28. The summed E-state index contributed by atoms with van der Waals surface area (Å²) in [6, 6.07) is 2.97. The number of carbonyl (C=O) groups is 1. The van der Waals surface area contributed by atoms with Crippen molar-refractivity contribution in [2.24, 2.45) is 0 Å². The highest BCUT2D eigenvalue weighted by Crippen LogP contribution is 2.34. The summed E-state index contributed by atoms with van der Waals surface area (Å²) in [6.45, 7) is 4.59. The first-order chi connectivity index (χ1) is 10.5. The van der Waals surface area contributed by atoms with Crippen LogP contribution in [0.4, 0.5) is 18.9 Å². The molecular formula is C15H20F3NO4. The van der Waals surface area contributed by atoms with Crippen molar-refractivity contribution in [3.05, 3.63) is 23.8 Å². The smallest absolute Gasteiger partial charge is 0.416 e. The van der Waals surface area contributed by atoms with Crippen LogP contribution in [0.5, 0.6) is 5.75 Å². The van der Waals surface area contributed by atoms with Crippen LogP contribution in [0.25, 0.3) is 0 Å². The largest absolute Gasteiger partial charge is 0.497 e. The number of rotatable bonds is 7. The molecule has 1 rings (SSSR count). The van der Waals surface area contributed by atoms with Crippen molar-refractivity contribution in [2.75, 3.05) is 19.0 Å². The average molecular weight is 335 g/mol. The predicted octanol–water partition coefficient (Wildman–Crippen LogP) is 3.39. The molecule has 0 amide bonds. The summed E-state index contributed by atoms with van der Waals surface area (Å²) in [7, 11) is 1.23. The van der Waals surface area contributed by atoms with E-state index in [0.717, 1.165) is 12.1 Å². The van der Waals surface area contributed by atoms with Gasteiger partial charge in [-0.05, 0) is 32.9 Å². The van der Waals surface area contributed by atoms with Gasteiger partial charge in [0.2, 0.25) is 0 Å². The summed E-state index contributed by atoms with van der Waals surface area (Å²) in [5.74, 6) is -1.27. The van der Waals surface area contributed by atoms with Gasteiger partial charge in [0.15, 0.2) is 5.54 Å². The molecule has 130 valence electrons. The number of carboxylic acids is 1. The van der Waals surface area contributed by atoms with Gasteiger partial charge in [0.25, 0.3) is 0 Å². The molecule has 8 heteroatoms. The fraction of sp³-hybridized carbons (Fsp3) is 0.533. The number of aliphatic carboxylic acids is 1. The average Bonchev–Trinajstić information content (AvgIpc) is 2.43. The lowest BCUT2D eigenvalue weighted by molar-refractivity contribution is -0.144. The molecule has 5 nitrogen and oxygen atoms in total. The highest BCUT2D eigenvalue weighted by atomic mass is 19.4. The third kappa shape index (κ3) is 5.31. The minimum Gasteiger partial charge on any atom is -0.497 e. The summed E-state index contributed by atoms with van der Waals surface area (Å²) in [5.41, 5.74) is -2.54. The Bertz CT molecular complexity index is 560. The Hall–Kier alpha value is -1.96. The zero-order valence-corrected chi connectivity index (χ0v) is 13.3. The highest BCUT2D eigenvalue weighted by Gasteiger charge is 2.36. The maximum absolute atomic E-state index is 12.9. The van der Waals surface area contributed by atoms with Crippen LogP contribution in [-0.2, 0) is 15.7 Å². The summed E-state index contributed by atoms with van der Waals surface area (Å²) in [5, 5.41) is 12.0. The van der Waals surface area contributed by atoms with E-state index >= 15 is 0 Å². The van der Waals surface area contributed by atoms with Gasteiger partial charge in [-0.25, -0.2) is 4.79 Å². The second-order valence-corrected chi connectivity index (χ2v) is 5.57. The van der Waals surface area contributed by atoms with Crippen LogP contribution in [0.15, 0.2) is 18.2 Å². The molecule has 2 N–H and O–H groups in total. The quantitative estimate of drug-likeness (QED) is 0.799. The van der Waals surface area contributed by atoms with Gasteiger partial charge in [0, 0.05) is 11.8 Å². The number of halogens is 3. The maximum atomic E-state index is 12.9. The van der Waals surface area contributed by atoms with Gasteiger partial charge in [0.05, 0.1) is 25.4 Å². The molecule has 0 aromatic heterocycles. The molecular weight excluding hydrogens is 315 g/mol. The summed E-state index contributed by atoms with van der Waals surface area (Å²) >= 11 is 0. The number of carboxylic acid groups (broad SMARTS) is 1. The molecule has 0 bridgehead atoms. The summed E-state index contributed by atoms with van der Waals surface area (Å²) in [6.07, 6.45) is -4.79. The lowest BCUT2D eigenvalue weighted by Crippen LogP contribution is -2.48. The minimum absolute atomic E-state index is 0.0195. The Morgan fingerprint density at radius 3 is 2.35 bits per heavy atom. The number of nitrogens with one attached hydrogen (secondary N) is 1. The molecule has 23 heavy (non-hydrogen) atoms. The molecule has 1 atom stereocenters. The van der Waals surface area contributed by atoms with Crippen molar-refractivity contribution >= 4 is 11.7 Å². The van der Waals surface area contributed by atoms with Crippen molar-refractivity contribution in [3.8, 4) is 5.75 Å². The molecule has 0 aliphatic heterocycles. The Kier molecular flexibility index (Phi) is 5.87. The minimum atomic E-state index is -4.57. The zero-order chi connectivity index (χ0) is 17.8. The van der Waals surface area contributed by atoms with Crippen molar-refractivity contribution < 1.29 is 32.5 Å². The second kappa shape index (κ2) is 7.08. The Morgan fingerprint density at radius 2 is 1.91 bits per heavy atom. The van der Waals surface area contributed by atoms with Crippen LogP contribution in [-0.4, -0.2) is 36.4 Å². The number of alkyl halides is 3. The molecule has 0 saturated heterocycles. The standard InChI is InChI=1S/C15H20F3NO4/c1-9(2)23-8-14(3,13(20)21)19-11-5-10(15(16,17)18)6-12(7-11)22-4/h5-7,9,19H,8H2,1-4H3,(H,20,21). The number of hydrogen-bond donors (Lipinski definition) is 2. The number of ether oxygens (including phenoxy) is 2. The van der Waals surface area contributed by atoms with Gasteiger partial charge in [0.1, 0.15) is 5.75 Å². The molecule has 1 unspecified atom stereocenters. The Balaban J connectivity index is 3.15. The molecule has 1 aromatic rings. The molecule has 0 radical (unpaired) electrons. The van der Waals surface area contributed by atoms with Gasteiger partial charge in [-0.3, -0.25) is 0 Å². The van der Waals surface area contributed by atoms with E-state index in [1.54, 1.807) is 13.8 Å². The lowest BCUT2D eigenvalue weighted by atomic mass is 10.0. The van der Waals surface area contributed by atoms with Crippen molar-refractivity contribution in [3.63, 3.8) is 0 Å². The van der Waals surface area contributed by atoms with Crippen LogP contribution in [0, 0.1) is 0 Å². The zero-order valence-electron chi connectivity index (χ0n) is 13.3. The van der Waals surface area contributed by atoms with Crippen LogP contribution < -0.4 is 10.1 Å². The van der Waals surface area contributed by atoms with E-state index < -0.39 is 23.2 Å². The molecule has 0 heterocycles. The third-order valence-electron chi connectivity index (χ3n) is 3.07. The molecule has 0 spiro atoms. The molecule has 1 aromatic carbocycles. The van der Waals surface area contributed by atoms with E-state index in [4.69, 9.17) is 9.47 Å². The van der Waals surface area contributed by atoms with E-state index in [2.05, 4.69) is 5.32 Å². The molecule has 0 saturated carbocycles. The number of benzene rings is 1. The van der Waals surface area contributed by atoms with Gasteiger partial charge >= 0.3 is 12.1 Å². The maximum Gasteiger partial charge on any atom is 0.416 e. The van der Waals surface area contributed by atoms with E-state index in [1.807, 2.05) is 0 Å². The third-order valence-corrected chi connectivity index (χ3v) is 3.07. The fourth-order valence-electron chi connectivity index (χ4n) is 1.76. The molecule has 0 aliphatic carbocycles. The van der Waals surface area contributed by atoms with Gasteiger partial charge in [-0.15, -0.1) is 0 Å². The monoisotopic (exact) mass is 335 g/mol. The normalized spacial score (nSPS) is 14.4. The van der Waals surface area contributed by atoms with Crippen LogP contribution in [0.2, 0.25) is 0 Å². The van der Waals surface area contributed by atoms with E-state index in [-0.39, 0.29) is 24.1 Å². The van der Waals surface area contributed by atoms with Gasteiger partial charge in [-0.1, -0.05) is 0 Å². The van der Waals surface area contributed by atoms with E-state index in [1.165, 1.54) is 20.1 Å². The van der Waals surface area contributed by atoms with Crippen molar-refractivity contribution in [2.45, 2.75) is 38.6 Å². The first kappa shape index (κ1) is 19.1.